The van der Waals surface area contributed by atoms with E-state index in [1.807, 2.05) is 6.92 Å². The smallest absolute Gasteiger partial charge is 0.232 e. The Labute approximate surface area is 103 Å². The molecule has 0 spiro atoms. The van der Waals surface area contributed by atoms with Crippen molar-refractivity contribution in [1.29, 1.82) is 0 Å². The summed E-state index contributed by atoms with van der Waals surface area (Å²) in [5, 5.41) is 0. The average Bonchev–Trinajstić information content (AvgIpc) is 2.20. The van der Waals surface area contributed by atoms with E-state index in [0.717, 1.165) is 6.42 Å². The van der Waals surface area contributed by atoms with Crippen molar-refractivity contribution >= 4 is 31.6 Å². The van der Waals surface area contributed by atoms with Gasteiger partial charge in [-0.1, -0.05) is 13.3 Å². The molecule has 0 aliphatic carbocycles. The van der Waals surface area contributed by atoms with Gasteiger partial charge in [0, 0.05) is 5.69 Å². The van der Waals surface area contributed by atoms with E-state index in [4.69, 9.17) is 0 Å². The van der Waals surface area contributed by atoms with E-state index in [1.165, 1.54) is 18.2 Å². The van der Waals surface area contributed by atoms with Crippen LogP contribution in [0.2, 0.25) is 0 Å². The Bertz CT molecular complexity index is 462. The van der Waals surface area contributed by atoms with E-state index in [9.17, 15) is 12.8 Å². The van der Waals surface area contributed by atoms with Crippen LogP contribution in [-0.2, 0) is 10.0 Å². The lowest BCUT2D eigenvalue weighted by Gasteiger charge is -2.07. The molecule has 90 valence electrons. The second-order valence-corrected chi connectivity index (χ2v) is 6.10. The summed E-state index contributed by atoms with van der Waals surface area (Å²) in [5.41, 5.74) is 0.365. The average molecular weight is 310 g/mol. The number of unbranched alkanes of at least 4 members (excludes halogenated alkanes) is 1. The summed E-state index contributed by atoms with van der Waals surface area (Å²) in [6, 6.07) is 4.00. The summed E-state index contributed by atoms with van der Waals surface area (Å²) in [6.07, 6.45) is 1.42. The Kier molecular flexibility index (Phi) is 4.73. The third-order valence-electron chi connectivity index (χ3n) is 1.96. The molecule has 0 atom stereocenters. The molecule has 0 amide bonds. The van der Waals surface area contributed by atoms with Gasteiger partial charge in [0.05, 0.1) is 10.2 Å². The fourth-order valence-electron chi connectivity index (χ4n) is 1.12. The number of nitrogens with one attached hydrogen (secondary N) is 1. The number of sulfonamides is 1. The lowest BCUT2D eigenvalue weighted by atomic mass is 10.3. The van der Waals surface area contributed by atoms with E-state index >= 15 is 0 Å². The first-order chi connectivity index (χ1) is 7.44. The van der Waals surface area contributed by atoms with Crippen LogP contribution in [0.5, 0.6) is 0 Å². The number of hydrogen-bond donors (Lipinski definition) is 1. The zero-order valence-corrected chi connectivity index (χ0v) is 11.2. The fraction of sp³-hybridized carbons (Fsp3) is 0.400. The van der Waals surface area contributed by atoms with Crippen LogP contribution in [0.3, 0.4) is 0 Å². The van der Waals surface area contributed by atoms with Crippen LogP contribution in [0.4, 0.5) is 10.1 Å². The van der Waals surface area contributed by atoms with Gasteiger partial charge in [0.1, 0.15) is 5.82 Å². The van der Waals surface area contributed by atoms with Crippen molar-refractivity contribution in [2.75, 3.05) is 10.5 Å². The quantitative estimate of drug-likeness (QED) is 0.908. The molecule has 16 heavy (non-hydrogen) atoms. The Morgan fingerprint density at radius 2 is 2.12 bits per heavy atom. The highest BCUT2D eigenvalue weighted by atomic mass is 79.9. The molecule has 0 saturated heterocycles. The highest BCUT2D eigenvalue weighted by molar-refractivity contribution is 9.10. The summed E-state index contributed by atoms with van der Waals surface area (Å²) in [6.45, 7) is 1.92. The SMILES string of the molecule is CCCCS(=O)(=O)Nc1ccc(F)c(Br)c1. The Morgan fingerprint density at radius 3 is 2.69 bits per heavy atom. The molecule has 0 saturated carbocycles. The van der Waals surface area contributed by atoms with Gasteiger partial charge in [0.25, 0.3) is 0 Å². The maximum atomic E-state index is 12.9. The van der Waals surface area contributed by atoms with E-state index < -0.39 is 15.8 Å². The first-order valence-corrected chi connectivity index (χ1v) is 7.34. The van der Waals surface area contributed by atoms with Gasteiger partial charge in [-0.3, -0.25) is 4.72 Å². The minimum absolute atomic E-state index is 0.0818. The molecule has 1 aromatic rings. The van der Waals surface area contributed by atoms with Crippen molar-refractivity contribution < 1.29 is 12.8 Å². The lowest BCUT2D eigenvalue weighted by Crippen LogP contribution is -2.16. The van der Waals surface area contributed by atoms with Gasteiger partial charge in [0.2, 0.25) is 10.0 Å². The van der Waals surface area contributed by atoms with E-state index in [1.54, 1.807) is 0 Å². The monoisotopic (exact) mass is 309 g/mol. The maximum Gasteiger partial charge on any atom is 0.232 e. The molecule has 0 aliphatic heterocycles. The molecular formula is C10H13BrFNO2S. The highest BCUT2D eigenvalue weighted by Gasteiger charge is 2.10. The van der Waals surface area contributed by atoms with E-state index in [-0.39, 0.29) is 10.2 Å². The molecule has 6 heteroatoms. The van der Waals surface area contributed by atoms with Crippen molar-refractivity contribution in [3.63, 3.8) is 0 Å². The second kappa shape index (κ2) is 5.63. The summed E-state index contributed by atoms with van der Waals surface area (Å²) in [4.78, 5) is 0. The maximum absolute atomic E-state index is 12.9. The van der Waals surface area contributed by atoms with Crippen molar-refractivity contribution in [2.45, 2.75) is 19.8 Å². The zero-order chi connectivity index (χ0) is 12.2. The second-order valence-electron chi connectivity index (χ2n) is 3.40. The number of halogens is 2. The van der Waals surface area contributed by atoms with Gasteiger partial charge in [-0.25, -0.2) is 12.8 Å². The van der Waals surface area contributed by atoms with Crippen LogP contribution in [-0.4, -0.2) is 14.2 Å². The van der Waals surface area contributed by atoms with Gasteiger partial charge in [-0.2, -0.15) is 0 Å². The van der Waals surface area contributed by atoms with Crippen molar-refractivity contribution in [1.82, 2.24) is 0 Å². The third kappa shape index (κ3) is 4.09. The van der Waals surface area contributed by atoms with Crippen LogP contribution < -0.4 is 4.72 Å². The molecule has 1 rings (SSSR count). The molecule has 0 fully saturated rings. The van der Waals surface area contributed by atoms with Crippen LogP contribution in [0.15, 0.2) is 22.7 Å². The summed E-state index contributed by atoms with van der Waals surface area (Å²) < 4.78 is 38.6. The Balaban J connectivity index is 2.76. The highest BCUT2D eigenvalue weighted by Crippen LogP contribution is 2.20. The molecule has 0 aromatic heterocycles. The van der Waals surface area contributed by atoms with Crippen LogP contribution in [0, 0.1) is 5.82 Å². The van der Waals surface area contributed by atoms with Gasteiger partial charge >= 0.3 is 0 Å². The minimum Gasteiger partial charge on any atom is -0.284 e. The van der Waals surface area contributed by atoms with Crippen LogP contribution >= 0.6 is 15.9 Å². The Hall–Kier alpha value is -0.620. The lowest BCUT2D eigenvalue weighted by molar-refractivity contribution is 0.597. The minimum atomic E-state index is -3.32. The topological polar surface area (TPSA) is 46.2 Å². The summed E-state index contributed by atoms with van der Waals surface area (Å²) in [5.74, 6) is -0.338. The Morgan fingerprint density at radius 1 is 1.44 bits per heavy atom. The molecule has 1 N–H and O–H groups in total. The molecule has 0 bridgehead atoms. The predicted octanol–water partition coefficient (Wildman–Crippen LogP) is 3.13. The molecule has 3 nitrogen and oxygen atoms in total. The molecule has 0 unspecified atom stereocenters. The van der Waals surface area contributed by atoms with Crippen LogP contribution in [0.1, 0.15) is 19.8 Å². The molecule has 1 aromatic carbocycles. The number of hydrogen-bond acceptors (Lipinski definition) is 2. The van der Waals surface area contributed by atoms with E-state index in [2.05, 4.69) is 20.7 Å². The van der Waals surface area contributed by atoms with Gasteiger partial charge in [-0.05, 0) is 40.5 Å². The normalized spacial score (nSPS) is 11.4. The first-order valence-electron chi connectivity index (χ1n) is 4.90. The number of anilines is 1. The number of rotatable bonds is 5. The largest absolute Gasteiger partial charge is 0.284 e. The predicted molar refractivity (Wildman–Crippen MR) is 66.4 cm³/mol. The molecule has 0 aliphatic rings. The van der Waals surface area contributed by atoms with Gasteiger partial charge in [0.15, 0.2) is 0 Å². The standard InChI is InChI=1S/C10H13BrFNO2S/c1-2-3-6-16(14,15)13-8-4-5-10(12)9(11)7-8/h4-5,7,13H,2-3,6H2,1H3. The zero-order valence-electron chi connectivity index (χ0n) is 8.83. The van der Waals surface area contributed by atoms with Crippen molar-refractivity contribution in [2.24, 2.45) is 0 Å². The van der Waals surface area contributed by atoms with Gasteiger partial charge < -0.3 is 0 Å². The fourth-order valence-corrected chi connectivity index (χ4v) is 2.76. The van der Waals surface area contributed by atoms with E-state index in [0.29, 0.717) is 12.1 Å². The summed E-state index contributed by atoms with van der Waals surface area (Å²) >= 11 is 3.00. The molecule has 0 radical (unpaired) electrons. The van der Waals surface area contributed by atoms with Crippen molar-refractivity contribution in [3.8, 4) is 0 Å². The van der Waals surface area contributed by atoms with Gasteiger partial charge in [-0.15, -0.1) is 0 Å². The summed E-state index contributed by atoms with van der Waals surface area (Å²) in [7, 11) is -3.32. The first kappa shape index (κ1) is 13.4. The van der Waals surface area contributed by atoms with Crippen LogP contribution in [0.25, 0.3) is 0 Å². The molecular weight excluding hydrogens is 297 g/mol. The molecule has 0 heterocycles. The van der Waals surface area contributed by atoms with Crippen molar-refractivity contribution in [3.05, 3.63) is 28.5 Å². The number of benzene rings is 1. The third-order valence-corrected chi connectivity index (χ3v) is 3.94.